The molecule has 0 radical (unpaired) electrons. The smallest absolute Gasteiger partial charge is 0.0997 e. The van der Waals surface area contributed by atoms with E-state index < -0.39 is 0 Å². The van der Waals surface area contributed by atoms with Crippen LogP contribution in [0.5, 0.6) is 0 Å². The van der Waals surface area contributed by atoms with Crippen molar-refractivity contribution in [2.45, 2.75) is 25.0 Å². The van der Waals surface area contributed by atoms with Crippen LogP contribution in [0.1, 0.15) is 13.3 Å². The molecule has 0 saturated carbocycles. The van der Waals surface area contributed by atoms with E-state index in [9.17, 15) is 0 Å². The lowest BCUT2D eigenvalue weighted by molar-refractivity contribution is 0.274. The molecule has 2 unspecified atom stereocenters. The largest absolute Gasteiger partial charge is 0.365 e. The standard InChI is InChI=1S/C7H13NO/c1-7-3-4-8(2)5-6(7)9-7/h6H,3-5H2,1-2H3. The molecule has 2 atom stereocenters. The van der Waals surface area contributed by atoms with Crippen LogP contribution >= 0.6 is 0 Å². The van der Waals surface area contributed by atoms with Gasteiger partial charge in [0.25, 0.3) is 0 Å². The normalized spacial score (nSPS) is 50.7. The fourth-order valence-corrected chi connectivity index (χ4v) is 1.53. The van der Waals surface area contributed by atoms with Crippen LogP contribution in [0.25, 0.3) is 0 Å². The van der Waals surface area contributed by atoms with Crippen molar-refractivity contribution in [3.05, 3.63) is 0 Å². The second-order valence-corrected chi connectivity index (χ2v) is 3.43. The van der Waals surface area contributed by atoms with Crippen molar-refractivity contribution in [3.8, 4) is 0 Å². The molecular weight excluding hydrogens is 114 g/mol. The molecule has 0 aromatic carbocycles. The lowest BCUT2D eigenvalue weighted by Gasteiger charge is -2.21. The highest BCUT2D eigenvalue weighted by molar-refractivity contribution is 5.03. The first-order chi connectivity index (χ1) is 4.21. The van der Waals surface area contributed by atoms with Gasteiger partial charge in [0, 0.05) is 13.1 Å². The number of likely N-dealkylation sites (N-methyl/N-ethyl adjacent to an activating group) is 1. The number of hydrogen-bond acceptors (Lipinski definition) is 2. The van der Waals surface area contributed by atoms with Gasteiger partial charge in [0.15, 0.2) is 0 Å². The van der Waals surface area contributed by atoms with Crippen molar-refractivity contribution in [2.75, 3.05) is 20.1 Å². The summed E-state index contributed by atoms with van der Waals surface area (Å²) >= 11 is 0. The van der Waals surface area contributed by atoms with Gasteiger partial charge in [-0.1, -0.05) is 0 Å². The molecule has 2 saturated heterocycles. The Labute approximate surface area is 55.8 Å². The summed E-state index contributed by atoms with van der Waals surface area (Å²) in [6.45, 7) is 4.55. The maximum Gasteiger partial charge on any atom is 0.0997 e. The number of fused-ring (bicyclic) bond motifs is 1. The predicted octanol–water partition coefficient (Wildman–Crippen LogP) is 0.479. The Kier molecular flexibility index (Phi) is 0.945. The molecule has 0 aromatic rings. The topological polar surface area (TPSA) is 15.8 Å². The Bertz CT molecular complexity index is 137. The fourth-order valence-electron chi connectivity index (χ4n) is 1.53. The molecule has 2 aliphatic heterocycles. The maximum absolute atomic E-state index is 5.49. The Morgan fingerprint density at radius 1 is 1.67 bits per heavy atom. The molecule has 2 aliphatic rings. The summed E-state index contributed by atoms with van der Waals surface area (Å²) in [4.78, 5) is 2.33. The van der Waals surface area contributed by atoms with Gasteiger partial charge in [0.05, 0.1) is 11.7 Å². The zero-order valence-electron chi connectivity index (χ0n) is 6.05. The van der Waals surface area contributed by atoms with Crippen LogP contribution in [0.15, 0.2) is 0 Å². The molecule has 52 valence electrons. The van der Waals surface area contributed by atoms with E-state index in [1.54, 1.807) is 0 Å². The van der Waals surface area contributed by atoms with Gasteiger partial charge in [-0.3, -0.25) is 0 Å². The number of piperidine rings is 1. The third kappa shape index (κ3) is 0.775. The number of hydrogen-bond donors (Lipinski definition) is 0. The van der Waals surface area contributed by atoms with Crippen LogP contribution in [0, 0.1) is 0 Å². The number of epoxide rings is 1. The van der Waals surface area contributed by atoms with Crippen LogP contribution in [0.4, 0.5) is 0 Å². The van der Waals surface area contributed by atoms with Crippen LogP contribution in [-0.2, 0) is 4.74 Å². The minimum atomic E-state index is 0.284. The number of ether oxygens (including phenoxy) is 1. The second kappa shape index (κ2) is 1.50. The highest BCUT2D eigenvalue weighted by atomic mass is 16.6. The van der Waals surface area contributed by atoms with Crippen molar-refractivity contribution in [2.24, 2.45) is 0 Å². The van der Waals surface area contributed by atoms with Gasteiger partial charge in [0.1, 0.15) is 0 Å². The molecule has 9 heavy (non-hydrogen) atoms. The Morgan fingerprint density at radius 2 is 2.44 bits per heavy atom. The highest BCUT2D eigenvalue weighted by Crippen LogP contribution is 2.42. The van der Waals surface area contributed by atoms with E-state index in [0.717, 1.165) is 6.54 Å². The average Bonchev–Trinajstić information content (AvgIpc) is 2.41. The summed E-state index contributed by atoms with van der Waals surface area (Å²) < 4.78 is 5.49. The summed E-state index contributed by atoms with van der Waals surface area (Å²) in [6.07, 6.45) is 1.77. The minimum Gasteiger partial charge on any atom is -0.365 e. The van der Waals surface area contributed by atoms with Crippen molar-refractivity contribution >= 4 is 0 Å². The Balaban J connectivity index is 2.01. The SMILES string of the molecule is CN1CCC2(C)OC2C1. The van der Waals surface area contributed by atoms with E-state index >= 15 is 0 Å². The summed E-state index contributed by atoms with van der Waals surface area (Å²) in [5.41, 5.74) is 0.284. The van der Waals surface area contributed by atoms with Gasteiger partial charge in [-0.05, 0) is 20.4 Å². The molecule has 0 aliphatic carbocycles. The maximum atomic E-state index is 5.49. The molecule has 0 N–H and O–H groups in total. The third-order valence-electron chi connectivity index (χ3n) is 2.50. The molecule has 2 fully saturated rings. The quantitative estimate of drug-likeness (QED) is 0.440. The monoisotopic (exact) mass is 127 g/mol. The molecule has 0 aromatic heterocycles. The van der Waals surface area contributed by atoms with Crippen LogP contribution in [0.3, 0.4) is 0 Å². The van der Waals surface area contributed by atoms with Gasteiger partial charge < -0.3 is 9.64 Å². The van der Waals surface area contributed by atoms with Gasteiger partial charge >= 0.3 is 0 Å². The first-order valence-electron chi connectivity index (χ1n) is 3.57. The number of nitrogens with zero attached hydrogens (tertiary/aromatic N) is 1. The van der Waals surface area contributed by atoms with Gasteiger partial charge in [0.2, 0.25) is 0 Å². The van der Waals surface area contributed by atoms with E-state index in [0.29, 0.717) is 6.10 Å². The highest BCUT2D eigenvalue weighted by Gasteiger charge is 2.54. The zero-order valence-corrected chi connectivity index (χ0v) is 6.05. The van der Waals surface area contributed by atoms with Crippen LogP contribution in [0.2, 0.25) is 0 Å². The van der Waals surface area contributed by atoms with Crippen molar-refractivity contribution in [1.82, 2.24) is 4.90 Å². The number of likely N-dealkylation sites (tertiary alicyclic amines) is 1. The second-order valence-electron chi connectivity index (χ2n) is 3.43. The van der Waals surface area contributed by atoms with E-state index in [4.69, 9.17) is 4.74 Å². The molecule has 0 bridgehead atoms. The van der Waals surface area contributed by atoms with Gasteiger partial charge in [-0.25, -0.2) is 0 Å². The molecule has 0 amide bonds. The van der Waals surface area contributed by atoms with Crippen LogP contribution < -0.4 is 0 Å². The first kappa shape index (κ1) is 5.69. The predicted molar refractivity (Wildman–Crippen MR) is 35.4 cm³/mol. The molecule has 2 rings (SSSR count). The van der Waals surface area contributed by atoms with E-state index in [1.165, 1.54) is 13.0 Å². The molecule has 2 heterocycles. The summed E-state index contributed by atoms with van der Waals surface area (Å²) in [7, 11) is 2.15. The molecular formula is C7H13NO. The first-order valence-corrected chi connectivity index (χ1v) is 3.57. The number of rotatable bonds is 0. The average molecular weight is 127 g/mol. The zero-order chi connectivity index (χ0) is 6.48. The van der Waals surface area contributed by atoms with Crippen molar-refractivity contribution in [1.29, 1.82) is 0 Å². The van der Waals surface area contributed by atoms with Crippen LogP contribution in [-0.4, -0.2) is 36.7 Å². The van der Waals surface area contributed by atoms with Crippen molar-refractivity contribution in [3.63, 3.8) is 0 Å². The van der Waals surface area contributed by atoms with Gasteiger partial charge in [-0.15, -0.1) is 0 Å². The summed E-state index contributed by atoms with van der Waals surface area (Å²) in [5, 5.41) is 0. The molecule has 2 heteroatoms. The van der Waals surface area contributed by atoms with Crippen molar-refractivity contribution < 1.29 is 4.74 Å². The summed E-state index contributed by atoms with van der Waals surface area (Å²) in [6, 6.07) is 0. The fraction of sp³-hybridized carbons (Fsp3) is 1.00. The van der Waals surface area contributed by atoms with E-state index in [-0.39, 0.29) is 5.60 Å². The third-order valence-corrected chi connectivity index (χ3v) is 2.50. The lowest BCUT2D eigenvalue weighted by Crippen LogP contribution is -2.35. The summed E-state index contributed by atoms with van der Waals surface area (Å²) in [5.74, 6) is 0. The van der Waals surface area contributed by atoms with Gasteiger partial charge in [-0.2, -0.15) is 0 Å². The molecule has 2 nitrogen and oxygen atoms in total. The Hall–Kier alpha value is -0.0800. The minimum absolute atomic E-state index is 0.284. The van der Waals surface area contributed by atoms with E-state index in [1.807, 2.05) is 0 Å². The lowest BCUT2D eigenvalue weighted by atomic mass is 10.00. The molecule has 0 spiro atoms. The van der Waals surface area contributed by atoms with E-state index in [2.05, 4.69) is 18.9 Å². The Morgan fingerprint density at radius 3 is 3.00 bits per heavy atom.